The minimum atomic E-state index is 0.210. The Morgan fingerprint density at radius 3 is 2.76 bits per heavy atom. The van der Waals surface area contributed by atoms with Gasteiger partial charge in [0.1, 0.15) is 12.7 Å². The Balaban J connectivity index is 1.18. The molecule has 0 aliphatic carbocycles. The van der Waals surface area contributed by atoms with Crippen LogP contribution in [0.5, 0.6) is 0 Å². The van der Waals surface area contributed by atoms with Crippen LogP contribution in [0.4, 0.5) is 0 Å². The quantitative estimate of drug-likeness (QED) is 0.630. The average molecular weight is 462 g/mol. The lowest BCUT2D eigenvalue weighted by molar-refractivity contribution is -0.949. The van der Waals surface area contributed by atoms with E-state index in [-0.39, 0.29) is 5.91 Å². The van der Waals surface area contributed by atoms with E-state index in [9.17, 15) is 4.79 Å². The SMILES string of the molecule is Cc1nc(C2CCN([N@@+]34C=CC=C3C=C(C(=O)N3CCSC3)C4)CC2)c(-c2ccccc2)o1. The number of amides is 1. The van der Waals surface area contributed by atoms with Gasteiger partial charge in [0.15, 0.2) is 17.3 Å². The van der Waals surface area contributed by atoms with Crippen molar-refractivity contribution in [2.75, 3.05) is 37.8 Å². The maximum absolute atomic E-state index is 13.1. The van der Waals surface area contributed by atoms with Crippen molar-refractivity contribution >= 4 is 17.7 Å². The van der Waals surface area contributed by atoms with Crippen LogP contribution in [0.3, 0.4) is 0 Å². The molecule has 7 heteroatoms. The predicted molar refractivity (Wildman–Crippen MR) is 130 cm³/mol. The molecule has 2 saturated heterocycles. The minimum Gasteiger partial charge on any atom is -0.441 e. The molecule has 1 atom stereocenters. The molecule has 0 unspecified atom stereocenters. The fourth-order valence-electron chi connectivity index (χ4n) is 5.56. The molecule has 170 valence electrons. The van der Waals surface area contributed by atoms with Crippen LogP contribution in [0.2, 0.25) is 0 Å². The smallest absolute Gasteiger partial charge is 0.256 e. The lowest BCUT2D eigenvalue weighted by Crippen LogP contribution is -2.56. The summed E-state index contributed by atoms with van der Waals surface area (Å²) < 4.78 is 6.70. The first kappa shape index (κ1) is 21.0. The van der Waals surface area contributed by atoms with Crippen LogP contribution in [-0.2, 0) is 4.79 Å². The monoisotopic (exact) mass is 461 g/mol. The van der Waals surface area contributed by atoms with Crippen LogP contribution in [0.1, 0.15) is 30.3 Å². The number of thioether (sulfide) groups is 1. The number of aryl methyl sites for hydroxylation is 1. The van der Waals surface area contributed by atoms with Crippen molar-refractivity contribution in [2.24, 2.45) is 0 Å². The zero-order chi connectivity index (χ0) is 22.4. The standard InChI is InChI=1S/C26H29N4O2S/c1-19-27-24(25(32-19)21-6-3-2-4-7-21)20-9-11-29(12-10-20)30-14-5-8-23(30)16-22(17-30)26(31)28-13-15-33-18-28/h2-8,14,16,20H,9-13,15,17-18H2,1H3/q+1/t30-/m1/s1. The summed E-state index contributed by atoms with van der Waals surface area (Å²) in [5.41, 5.74) is 4.34. The van der Waals surface area contributed by atoms with Gasteiger partial charge in [0.25, 0.3) is 5.91 Å². The average Bonchev–Trinajstić information content (AvgIpc) is 3.62. The molecule has 0 spiro atoms. The summed E-state index contributed by atoms with van der Waals surface area (Å²) >= 11 is 1.84. The van der Waals surface area contributed by atoms with Gasteiger partial charge in [-0.05, 0) is 18.9 Å². The summed E-state index contributed by atoms with van der Waals surface area (Å²) in [7, 11) is 0. The first-order valence-corrected chi connectivity index (χ1v) is 12.9. The van der Waals surface area contributed by atoms with E-state index < -0.39 is 0 Å². The largest absolute Gasteiger partial charge is 0.441 e. The van der Waals surface area contributed by atoms with Crippen molar-refractivity contribution in [3.63, 3.8) is 0 Å². The van der Waals surface area contributed by atoms with Crippen LogP contribution in [0.25, 0.3) is 11.3 Å². The van der Waals surface area contributed by atoms with E-state index in [2.05, 4.69) is 41.6 Å². The Bertz CT molecular complexity index is 1150. The van der Waals surface area contributed by atoms with E-state index in [0.717, 1.165) is 79.1 Å². The molecule has 5 heterocycles. The summed E-state index contributed by atoms with van der Waals surface area (Å²) in [5, 5.41) is 2.52. The van der Waals surface area contributed by atoms with Crippen LogP contribution >= 0.6 is 11.8 Å². The number of rotatable bonds is 4. The second-order valence-corrected chi connectivity index (χ2v) is 10.3. The van der Waals surface area contributed by atoms with Crippen molar-refractivity contribution in [1.82, 2.24) is 14.9 Å². The van der Waals surface area contributed by atoms with Crippen molar-refractivity contribution < 1.29 is 13.8 Å². The maximum atomic E-state index is 13.1. The molecule has 0 saturated carbocycles. The number of nitrogens with zero attached hydrogens (tertiary/aromatic N) is 4. The van der Waals surface area contributed by atoms with E-state index in [1.54, 1.807) is 0 Å². The second-order valence-electron chi connectivity index (χ2n) is 9.23. The number of allylic oxidation sites excluding steroid dienone is 3. The molecule has 2 fully saturated rings. The van der Waals surface area contributed by atoms with Crippen LogP contribution in [-0.4, -0.2) is 63.2 Å². The van der Waals surface area contributed by atoms with Gasteiger partial charge in [0.2, 0.25) is 0 Å². The van der Waals surface area contributed by atoms with Gasteiger partial charge in [0.05, 0.1) is 17.1 Å². The Morgan fingerprint density at radius 1 is 1.18 bits per heavy atom. The van der Waals surface area contributed by atoms with Crippen molar-refractivity contribution in [2.45, 2.75) is 25.7 Å². The summed E-state index contributed by atoms with van der Waals surface area (Å²) in [4.78, 5) is 19.9. The third kappa shape index (κ3) is 3.59. The first-order chi connectivity index (χ1) is 16.1. The molecule has 4 aliphatic rings. The molecule has 1 aromatic heterocycles. The normalized spacial score (nSPS) is 25.4. The Kier molecular flexibility index (Phi) is 5.28. The maximum Gasteiger partial charge on any atom is 0.256 e. The van der Waals surface area contributed by atoms with Gasteiger partial charge < -0.3 is 9.32 Å². The highest BCUT2D eigenvalue weighted by Gasteiger charge is 2.48. The highest BCUT2D eigenvalue weighted by Crippen LogP contribution is 2.42. The predicted octanol–water partition coefficient (Wildman–Crippen LogP) is 4.45. The summed E-state index contributed by atoms with van der Waals surface area (Å²) in [6, 6.07) is 10.3. The van der Waals surface area contributed by atoms with E-state index in [4.69, 9.17) is 9.40 Å². The van der Waals surface area contributed by atoms with Crippen molar-refractivity contribution in [1.29, 1.82) is 0 Å². The van der Waals surface area contributed by atoms with Gasteiger partial charge in [-0.3, -0.25) is 4.79 Å². The van der Waals surface area contributed by atoms with Crippen LogP contribution < -0.4 is 0 Å². The zero-order valence-corrected chi connectivity index (χ0v) is 19.8. The number of quaternary nitrogens is 1. The zero-order valence-electron chi connectivity index (χ0n) is 18.9. The summed E-state index contributed by atoms with van der Waals surface area (Å²) in [6.45, 7) is 5.44. The highest BCUT2D eigenvalue weighted by atomic mass is 32.2. The van der Waals surface area contributed by atoms with Crippen LogP contribution in [0.15, 0.2) is 70.4 Å². The molecule has 0 radical (unpaired) electrons. The fourth-order valence-corrected chi connectivity index (χ4v) is 6.51. The summed E-state index contributed by atoms with van der Waals surface area (Å²) in [6.07, 6.45) is 10.7. The number of carbonyl (C=O) groups excluding carboxylic acids is 1. The molecule has 4 aliphatic heterocycles. The van der Waals surface area contributed by atoms with E-state index in [1.807, 2.05) is 41.8 Å². The first-order valence-electron chi connectivity index (χ1n) is 11.8. The van der Waals surface area contributed by atoms with Crippen molar-refractivity contribution in [3.05, 3.63) is 77.6 Å². The molecule has 0 N–H and O–H groups in total. The van der Waals surface area contributed by atoms with Gasteiger partial charge in [-0.1, -0.05) is 30.3 Å². The molecular weight excluding hydrogens is 432 g/mol. The minimum absolute atomic E-state index is 0.210. The molecule has 1 amide bonds. The van der Waals surface area contributed by atoms with Gasteiger partial charge in [-0.25, -0.2) is 4.98 Å². The number of hydrogen-bond donors (Lipinski definition) is 0. The topological polar surface area (TPSA) is 49.6 Å². The molecule has 1 aromatic carbocycles. The number of carbonyl (C=O) groups is 1. The highest BCUT2D eigenvalue weighted by molar-refractivity contribution is 7.99. The molecule has 6 nitrogen and oxygen atoms in total. The number of fused-ring (bicyclic) bond motifs is 1. The van der Waals surface area contributed by atoms with E-state index in [1.165, 1.54) is 5.70 Å². The third-order valence-corrected chi connectivity index (χ3v) is 8.22. The Morgan fingerprint density at radius 2 is 2.00 bits per heavy atom. The van der Waals surface area contributed by atoms with Crippen molar-refractivity contribution in [3.8, 4) is 11.3 Å². The summed E-state index contributed by atoms with van der Waals surface area (Å²) in [5.74, 6) is 4.09. The Labute approximate surface area is 198 Å². The lowest BCUT2D eigenvalue weighted by Gasteiger charge is -2.42. The molecule has 33 heavy (non-hydrogen) atoms. The fraction of sp³-hybridized carbons (Fsp3) is 0.385. The molecule has 0 bridgehead atoms. The number of oxazole rings is 1. The number of piperidine rings is 1. The molecule has 6 rings (SSSR count). The van der Waals surface area contributed by atoms with Crippen LogP contribution in [0, 0.1) is 6.92 Å². The van der Waals surface area contributed by atoms with Gasteiger partial charge >= 0.3 is 0 Å². The van der Waals surface area contributed by atoms with Gasteiger partial charge in [-0.15, -0.1) is 16.8 Å². The number of hydrogen-bond acceptors (Lipinski definition) is 5. The molecule has 2 aromatic rings. The van der Waals surface area contributed by atoms with Gasteiger partial charge in [-0.2, -0.15) is 4.59 Å². The third-order valence-electron chi connectivity index (χ3n) is 7.25. The van der Waals surface area contributed by atoms with Gasteiger partial charge in [0, 0.05) is 55.9 Å². The molecular formula is C26H29N4O2S+. The second kappa shape index (κ2) is 8.31. The van der Waals surface area contributed by atoms with E-state index in [0.29, 0.717) is 10.5 Å². The van der Waals surface area contributed by atoms with E-state index >= 15 is 0 Å². The number of benzene rings is 1. The number of aromatic nitrogens is 1. The Hall–Kier alpha value is -2.61. The lowest BCUT2D eigenvalue weighted by atomic mass is 9.91.